The summed E-state index contributed by atoms with van der Waals surface area (Å²) in [7, 11) is 0. The standard InChI is InChI=1S/C13H12N4O2/c1-2-19-8-15-17-7-14-11-9-5-3-4-6-10(9)16-12(11)13(17)18/h3-8,16H,2H2,1H3. The minimum atomic E-state index is -0.253. The van der Waals surface area contributed by atoms with Crippen molar-refractivity contribution in [3.05, 3.63) is 40.9 Å². The molecule has 0 unspecified atom stereocenters. The topological polar surface area (TPSA) is 72.3 Å². The average Bonchev–Trinajstić information content (AvgIpc) is 2.81. The van der Waals surface area contributed by atoms with E-state index in [1.54, 1.807) is 0 Å². The van der Waals surface area contributed by atoms with Crippen molar-refractivity contribution in [2.45, 2.75) is 6.92 Å². The van der Waals surface area contributed by atoms with Gasteiger partial charge in [-0.3, -0.25) is 4.79 Å². The molecular formula is C13H12N4O2. The van der Waals surface area contributed by atoms with E-state index >= 15 is 0 Å². The number of hydrogen-bond donors (Lipinski definition) is 1. The summed E-state index contributed by atoms with van der Waals surface area (Å²) in [6.45, 7) is 2.34. The van der Waals surface area contributed by atoms with E-state index in [1.807, 2.05) is 31.2 Å². The first-order valence-corrected chi connectivity index (χ1v) is 5.93. The van der Waals surface area contributed by atoms with Crippen LogP contribution in [0.25, 0.3) is 21.9 Å². The van der Waals surface area contributed by atoms with Crippen LogP contribution in [0.1, 0.15) is 6.92 Å². The van der Waals surface area contributed by atoms with Crippen molar-refractivity contribution in [1.82, 2.24) is 14.6 Å². The predicted molar refractivity (Wildman–Crippen MR) is 73.4 cm³/mol. The van der Waals surface area contributed by atoms with Gasteiger partial charge in [0.15, 0.2) is 6.40 Å². The number of aromatic nitrogens is 3. The summed E-state index contributed by atoms with van der Waals surface area (Å²) >= 11 is 0. The average molecular weight is 256 g/mol. The van der Waals surface area contributed by atoms with Crippen molar-refractivity contribution in [3.8, 4) is 0 Å². The van der Waals surface area contributed by atoms with Crippen LogP contribution in [0.15, 0.2) is 40.5 Å². The maximum atomic E-state index is 12.2. The Balaban J connectivity index is 2.22. The second-order valence-corrected chi connectivity index (χ2v) is 3.96. The number of nitrogens with one attached hydrogen (secondary N) is 1. The number of ether oxygens (including phenoxy) is 1. The fourth-order valence-electron chi connectivity index (χ4n) is 1.94. The van der Waals surface area contributed by atoms with Crippen LogP contribution in [0.5, 0.6) is 0 Å². The molecule has 6 heteroatoms. The zero-order chi connectivity index (χ0) is 13.2. The molecule has 0 amide bonds. The van der Waals surface area contributed by atoms with Crippen molar-refractivity contribution in [3.63, 3.8) is 0 Å². The molecule has 0 saturated carbocycles. The van der Waals surface area contributed by atoms with E-state index in [0.717, 1.165) is 15.6 Å². The first kappa shape index (κ1) is 11.5. The Morgan fingerprint density at radius 1 is 1.47 bits per heavy atom. The lowest BCUT2D eigenvalue weighted by Crippen LogP contribution is -2.17. The third-order valence-electron chi connectivity index (χ3n) is 2.81. The van der Waals surface area contributed by atoms with E-state index in [-0.39, 0.29) is 5.56 Å². The molecule has 19 heavy (non-hydrogen) atoms. The quantitative estimate of drug-likeness (QED) is 0.572. The Bertz CT molecular complexity index is 816. The van der Waals surface area contributed by atoms with Gasteiger partial charge in [0.25, 0.3) is 5.56 Å². The van der Waals surface area contributed by atoms with Crippen LogP contribution in [-0.4, -0.2) is 27.7 Å². The summed E-state index contributed by atoms with van der Waals surface area (Å²) in [6.07, 6.45) is 2.62. The second kappa shape index (κ2) is 4.56. The van der Waals surface area contributed by atoms with E-state index < -0.39 is 0 Å². The number of hydrogen-bond acceptors (Lipinski definition) is 4. The van der Waals surface area contributed by atoms with Crippen LogP contribution in [-0.2, 0) is 4.74 Å². The molecule has 2 heterocycles. The SMILES string of the molecule is CCOC=Nn1cnc2c([nH]c3ccccc32)c1=O. The molecule has 0 atom stereocenters. The molecule has 0 fully saturated rings. The predicted octanol–water partition coefficient (Wildman–Crippen LogP) is 1.71. The number of benzene rings is 1. The zero-order valence-corrected chi connectivity index (χ0v) is 10.3. The molecule has 0 bridgehead atoms. The van der Waals surface area contributed by atoms with Gasteiger partial charge in [-0.15, -0.1) is 5.10 Å². The third-order valence-corrected chi connectivity index (χ3v) is 2.81. The van der Waals surface area contributed by atoms with E-state index in [1.165, 1.54) is 12.7 Å². The van der Waals surface area contributed by atoms with Crippen LogP contribution in [0, 0.1) is 0 Å². The Morgan fingerprint density at radius 2 is 2.32 bits per heavy atom. The summed E-state index contributed by atoms with van der Waals surface area (Å²) in [6, 6.07) is 7.65. The van der Waals surface area contributed by atoms with Crippen LogP contribution in [0.4, 0.5) is 0 Å². The highest BCUT2D eigenvalue weighted by molar-refractivity contribution is 6.04. The third kappa shape index (κ3) is 1.87. The number of nitrogens with zero attached hydrogens (tertiary/aromatic N) is 3. The maximum absolute atomic E-state index is 12.2. The smallest absolute Gasteiger partial charge is 0.298 e. The molecule has 0 spiro atoms. The van der Waals surface area contributed by atoms with E-state index in [4.69, 9.17) is 4.74 Å². The van der Waals surface area contributed by atoms with Gasteiger partial charge in [0.1, 0.15) is 17.4 Å². The highest BCUT2D eigenvalue weighted by Crippen LogP contribution is 2.20. The van der Waals surface area contributed by atoms with E-state index in [0.29, 0.717) is 17.6 Å². The molecule has 2 aromatic heterocycles. The normalized spacial score (nSPS) is 11.6. The molecule has 1 aromatic carbocycles. The van der Waals surface area contributed by atoms with Crippen molar-refractivity contribution in [2.75, 3.05) is 6.61 Å². The molecule has 6 nitrogen and oxygen atoms in total. The van der Waals surface area contributed by atoms with Gasteiger partial charge in [-0.25, -0.2) is 4.98 Å². The van der Waals surface area contributed by atoms with Crippen molar-refractivity contribution in [1.29, 1.82) is 0 Å². The van der Waals surface area contributed by atoms with Gasteiger partial charge >= 0.3 is 0 Å². The molecule has 0 aliphatic rings. The monoisotopic (exact) mass is 256 g/mol. The minimum absolute atomic E-state index is 0.253. The molecule has 0 aliphatic heterocycles. The molecule has 3 aromatic rings. The second-order valence-electron chi connectivity index (χ2n) is 3.96. The molecular weight excluding hydrogens is 244 g/mol. The first-order chi connectivity index (χ1) is 9.31. The fraction of sp³-hybridized carbons (Fsp3) is 0.154. The molecule has 0 aliphatic carbocycles. The highest BCUT2D eigenvalue weighted by Gasteiger charge is 2.09. The van der Waals surface area contributed by atoms with E-state index in [9.17, 15) is 4.79 Å². The Morgan fingerprint density at radius 3 is 3.16 bits per heavy atom. The number of fused-ring (bicyclic) bond motifs is 3. The largest absolute Gasteiger partial charge is 0.482 e. The van der Waals surface area contributed by atoms with E-state index in [2.05, 4.69) is 15.1 Å². The minimum Gasteiger partial charge on any atom is -0.482 e. The van der Waals surface area contributed by atoms with Gasteiger partial charge in [-0.05, 0) is 13.0 Å². The molecule has 3 rings (SSSR count). The van der Waals surface area contributed by atoms with Gasteiger partial charge in [0.2, 0.25) is 0 Å². The molecule has 1 N–H and O–H groups in total. The Hall–Kier alpha value is -2.63. The summed E-state index contributed by atoms with van der Waals surface area (Å²) in [4.78, 5) is 19.6. The van der Waals surface area contributed by atoms with Gasteiger partial charge in [0, 0.05) is 10.9 Å². The van der Waals surface area contributed by atoms with Crippen LogP contribution in [0.2, 0.25) is 0 Å². The van der Waals surface area contributed by atoms with Gasteiger partial charge in [-0.2, -0.15) is 4.68 Å². The Kier molecular flexibility index (Phi) is 2.75. The Labute approximate surface area is 108 Å². The van der Waals surface area contributed by atoms with Crippen LogP contribution in [0.3, 0.4) is 0 Å². The van der Waals surface area contributed by atoms with Crippen molar-refractivity contribution < 1.29 is 4.74 Å². The van der Waals surface area contributed by atoms with Crippen LogP contribution >= 0.6 is 0 Å². The summed E-state index contributed by atoms with van der Waals surface area (Å²) in [5.74, 6) is 0. The number of aromatic amines is 1. The number of para-hydroxylation sites is 1. The molecule has 96 valence electrons. The van der Waals surface area contributed by atoms with Crippen molar-refractivity contribution in [2.24, 2.45) is 5.10 Å². The van der Waals surface area contributed by atoms with Gasteiger partial charge in [0.05, 0.1) is 6.61 Å². The van der Waals surface area contributed by atoms with Gasteiger partial charge < -0.3 is 9.72 Å². The summed E-state index contributed by atoms with van der Waals surface area (Å²) in [5.41, 5.74) is 1.73. The summed E-state index contributed by atoms with van der Waals surface area (Å²) in [5, 5.41) is 4.82. The number of rotatable bonds is 3. The molecule has 0 radical (unpaired) electrons. The lowest BCUT2D eigenvalue weighted by molar-refractivity contribution is 0.340. The first-order valence-electron chi connectivity index (χ1n) is 5.93. The van der Waals surface area contributed by atoms with Crippen molar-refractivity contribution >= 4 is 28.3 Å². The maximum Gasteiger partial charge on any atom is 0.298 e. The lowest BCUT2D eigenvalue weighted by atomic mass is 10.2. The van der Waals surface area contributed by atoms with Crippen LogP contribution < -0.4 is 5.56 Å². The van der Waals surface area contributed by atoms with Gasteiger partial charge in [-0.1, -0.05) is 18.2 Å². The lowest BCUT2D eigenvalue weighted by Gasteiger charge is -1.97. The number of H-pyrrole nitrogens is 1. The fourth-order valence-corrected chi connectivity index (χ4v) is 1.94. The zero-order valence-electron chi connectivity index (χ0n) is 10.3. The summed E-state index contributed by atoms with van der Waals surface area (Å²) < 4.78 is 6.12. The highest BCUT2D eigenvalue weighted by atomic mass is 16.5. The molecule has 0 saturated heterocycles.